The Labute approximate surface area is 183 Å². The van der Waals surface area contributed by atoms with Gasteiger partial charge >= 0.3 is 0 Å². The number of hydrogen-bond donors (Lipinski definition) is 1. The smallest absolute Gasteiger partial charge is 0.282 e. The second-order valence-electron chi connectivity index (χ2n) is 7.08. The Hall–Kier alpha value is -3.39. The molecule has 0 spiro atoms. The minimum atomic E-state index is -0.432. The number of nitrogens with one attached hydrogen (secondary N) is 1. The molecule has 31 heavy (non-hydrogen) atoms. The fourth-order valence-electron chi connectivity index (χ4n) is 3.19. The van der Waals surface area contributed by atoms with Crippen molar-refractivity contribution in [3.63, 3.8) is 0 Å². The number of hydrogen-bond acceptors (Lipinski definition) is 6. The van der Waals surface area contributed by atoms with Crippen LogP contribution in [0.1, 0.15) is 21.6 Å². The number of imide groups is 1. The molecule has 3 amide bonds. The Kier molecular flexibility index (Phi) is 6.47. The van der Waals surface area contributed by atoms with Crippen LogP contribution >= 0.6 is 11.8 Å². The van der Waals surface area contributed by atoms with Crippen LogP contribution in [0.5, 0.6) is 0 Å². The van der Waals surface area contributed by atoms with Gasteiger partial charge in [-0.2, -0.15) is 11.8 Å². The number of rotatable bonds is 6. The van der Waals surface area contributed by atoms with E-state index in [1.807, 2.05) is 54.6 Å². The lowest BCUT2D eigenvalue weighted by Gasteiger charge is -2.23. The molecule has 1 aliphatic rings. The van der Waals surface area contributed by atoms with Gasteiger partial charge in [0.1, 0.15) is 6.26 Å². The molecular weight excluding hydrogens is 414 g/mol. The van der Waals surface area contributed by atoms with Gasteiger partial charge in [0, 0.05) is 24.4 Å². The van der Waals surface area contributed by atoms with Gasteiger partial charge in [-0.25, -0.2) is 4.98 Å². The van der Waals surface area contributed by atoms with Gasteiger partial charge in [-0.15, -0.1) is 0 Å². The second kappa shape index (κ2) is 9.61. The van der Waals surface area contributed by atoms with E-state index >= 15 is 0 Å². The SMILES string of the molecule is O=C(Cc1ccccc1)NCc1ccc(-c2nc(C(=O)N3CCSCC3=O)co2)cc1. The molecule has 1 aliphatic heterocycles. The van der Waals surface area contributed by atoms with Crippen LogP contribution in [0, 0.1) is 0 Å². The van der Waals surface area contributed by atoms with Crippen molar-refractivity contribution < 1.29 is 18.8 Å². The predicted octanol–water partition coefficient (Wildman–Crippen LogP) is 2.92. The predicted molar refractivity (Wildman–Crippen MR) is 117 cm³/mol. The topological polar surface area (TPSA) is 92.5 Å². The molecule has 8 heteroatoms. The molecule has 0 unspecified atom stereocenters. The summed E-state index contributed by atoms with van der Waals surface area (Å²) in [7, 11) is 0. The number of nitrogens with zero attached hydrogens (tertiary/aromatic N) is 2. The lowest BCUT2D eigenvalue weighted by molar-refractivity contribution is -0.126. The molecule has 3 aromatic rings. The van der Waals surface area contributed by atoms with E-state index in [9.17, 15) is 14.4 Å². The Bertz CT molecular complexity index is 1080. The number of amides is 3. The van der Waals surface area contributed by atoms with Crippen LogP contribution in [0.3, 0.4) is 0 Å². The summed E-state index contributed by atoms with van der Waals surface area (Å²) in [4.78, 5) is 42.0. The van der Waals surface area contributed by atoms with E-state index in [2.05, 4.69) is 10.3 Å². The van der Waals surface area contributed by atoms with E-state index < -0.39 is 5.91 Å². The largest absolute Gasteiger partial charge is 0.444 e. The van der Waals surface area contributed by atoms with Crippen LogP contribution in [-0.2, 0) is 22.6 Å². The van der Waals surface area contributed by atoms with Crippen LogP contribution < -0.4 is 5.32 Å². The van der Waals surface area contributed by atoms with Crippen molar-refractivity contribution in [3.8, 4) is 11.5 Å². The second-order valence-corrected chi connectivity index (χ2v) is 8.18. The van der Waals surface area contributed by atoms with Gasteiger partial charge < -0.3 is 9.73 Å². The molecule has 1 saturated heterocycles. The zero-order valence-electron chi connectivity index (χ0n) is 16.7. The highest BCUT2D eigenvalue weighted by molar-refractivity contribution is 8.00. The quantitative estimate of drug-likeness (QED) is 0.599. The third kappa shape index (κ3) is 5.21. The van der Waals surface area contributed by atoms with Gasteiger partial charge in [-0.1, -0.05) is 42.5 Å². The third-order valence-corrected chi connectivity index (χ3v) is 5.77. The molecule has 0 saturated carbocycles. The maximum absolute atomic E-state index is 12.5. The Balaban J connectivity index is 1.34. The van der Waals surface area contributed by atoms with Gasteiger partial charge in [-0.3, -0.25) is 19.3 Å². The summed E-state index contributed by atoms with van der Waals surface area (Å²) < 4.78 is 5.46. The maximum atomic E-state index is 12.5. The lowest BCUT2D eigenvalue weighted by atomic mass is 10.1. The third-order valence-electron chi connectivity index (χ3n) is 4.85. The molecule has 0 atom stereocenters. The molecule has 2 heterocycles. The van der Waals surface area contributed by atoms with E-state index in [4.69, 9.17) is 4.42 Å². The Morgan fingerprint density at radius 1 is 1.06 bits per heavy atom. The first-order chi connectivity index (χ1) is 15.1. The summed E-state index contributed by atoms with van der Waals surface area (Å²) >= 11 is 1.52. The zero-order chi connectivity index (χ0) is 21.6. The van der Waals surface area contributed by atoms with E-state index in [0.717, 1.165) is 16.9 Å². The highest BCUT2D eigenvalue weighted by atomic mass is 32.2. The van der Waals surface area contributed by atoms with Crippen LogP contribution in [0.15, 0.2) is 65.3 Å². The van der Waals surface area contributed by atoms with E-state index in [1.54, 1.807) is 0 Å². The van der Waals surface area contributed by atoms with Crippen molar-refractivity contribution in [2.24, 2.45) is 0 Å². The number of carbonyl (C=O) groups is 3. The minimum Gasteiger partial charge on any atom is -0.444 e. The fourth-order valence-corrected chi connectivity index (χ4v) is 3.97. The molecule has 7 nitrogen and oxygen atoms in total. The number of aromatic nitrogens is 1. The van der Waals surface area contributed by atoms with Crippen LogP contribution in [0.25, 0.3) is 11.5 Å². The molecule has 1 aromatic heterocycles. The summed E-state index contributed by atoms with van der Waals surface area (Å²) in [5.74, 6) is 0.659. The summed E-state index contributed by atoms with van der Waals surface area (Å²) in [5, 5.41) is 2.90. The van der Waals surface area contributed by atoms with Crippen molar-refractivity contribution in [1.82, 2.24) is 15.2 Å². The highest BCUT2D eigenvalue weighted by Gasteiger charge is 2.28. The van der Waals surface area contributed by atoms with E-state index in [1.165, 1.54) is 22.9 Å². The number of thioether (sulfide) groups is 1. The van der Waals surface area contributed by atoms with Gasteiger partial charge in [-0.05, 0) is 23.3 Å². The summed E-state index contributed by atoms with van der Waals surface area (Å²) in [6.07, 6.45) is 1.62. The van der Waals surface area contributed by atoms with Crippen molar-refractivity contribution in [2.45, 2.75) is 13.0 Å². The molecule has 4 rings (SSSR count). The zero-order valence-corrected chi connectivity index (χ0v) is 17.6. The minimum absolute atomic E-state index is 0.0446. The summed E-state index contributed by atoms with van der Waals surface area (Å²) in [6, 6.07) is 17.0. The van der Waals surface area contributed by atoms with Gasteiger partial charge in [0.2, 0.25) is 17.7 Å². The average molecular weight is 436 g/mol. The van der Waals surface area contributed by atoms with Crippen LogP contribution in [0.2, 0.25) is 0 Å². The normalized spacial score (nSPS) is 13.8. The molecule has 0 radical (unpaired) electrons. The molecular formula is C23H21N3O4S. The van der Waals surface area contributed by atoms with Crippen molar-refractivity contribution >= 4 is 29.5 Å². The summed E-state index contributed by atoms with van der Waals surface area (Å²) in [5.41, 5.74) is 2.73. The number of oxazole rings is 1. The lowest BCUT2D eigenvalue weighted by Crippen LogP contribution is -2.42. The molecule has 1 fully saturated rings. The van der Waals surface area contributed by atoms with Crippen molar-refractivity contribution in [3.05, 3.63) is 77.7 Å². The van der Waals surface area contributed by atoms with Crippen molar-refractivity contribution in [1.29, 1.82) is 0 Å². The summed E-state index contributed by atoms with van der Waals surface area (Å²) in [6.45, 7) is 0.797. The molecule has 0 aliphatic carbocycles. The van der Waals surface area contributed by atoms with Crippen LogP contribution in [0.4, 0.5) is 0 Å². The first-order valence-electron chi connectivity index (χ1n) is 9.88. The number of benzene rings is 2. The Morgan fingerprint density at radius 2 is 1.84 bits per heavy atom. The van der Waals surface area contributed by atoms with Gasteiger partial charge in [0.05, 0.1) is 12.2 Å². The van der Waals surface area contributed by atoms with Crippen LogP contribution in [-0.4, -0.2) is 45.7 Å². The monoisotopic (exact) mass is 435 g/mol. The molecule has 158 valence electrons. The first kappa shape index (κ1) is 20.9. The van der Waals surface area contributed by atoms with Gasteiger partial charge in [0.25, 0.3) is 5.91 Å². The van der Waals surface area contributed by atoms with E-state index in [-0.39, 0.29) is 17.5 Å². The van der Waals surface area contributed by atoms with Crippen molar-refractivity contribution in [2.75, 3.05) is 18.1 Å². The first-order valence-corrected chi connectivity index (χ1v) is 11.0. The standard InChI is InChI=1S/C23H21N3O4S/c27-20(12-16-4-2-1-3-5-16)24-13-17-6-8-18(9-7-17)22-25-19(14-30-22)23(29)26-10-11-31-15-21(26)28/h1-9,14H,10-13,15H2,(H,24,27). The number of carbonyl (C=O) groups excluding carboxylic acids is 3. The highest BCUT2D eigenvalue weighted by Crippen LogP contribution is 2.21. The average Bonchev–Trinajstić information content (AvgIpc) is 3.29. The van der Waals surface area contributed by atoms with Gasteiger partial charge in [0.15, 0.2) is 5.69 Å². The Morgan fingerprint density at radius 3 is 2.58 bits per heavy atom. The molecule has 2 aromatic carbocycles. The molecule has 0 bridgehead atoms. The molecule has 1 N–H and O–H groups in total. The fraction of sp³-hybridized carbons (Fsp3) is 0.217. The maximum Gasteiger partial charge on any atom is 0.282 e. The van der Waals surface area contributed by atoms with E-state index in [0.29, 0.717) is 36.7 Å².